The molecule has 0 aliphatic carbocycles. The highest BCUT2D eigenvalue weighted by Crippen LogP contribution is 2.22. The van der Waals surface area contributed by atoms with Crippen LogP contribution in [-0.2, 0) is 11.3 Å². The minimum atomic E-state index is -0.155. The quantitative estimate of drug-likeness (QED) is 0.543. The summed E-state index contributed by atoms with van der Waals surface area (Å²) in [5.41, 5.74) is 3.00. The molecule has 1 fully saturated rings. The number of hydrogen-bond acceptors (Lipinski definition) is 6. The van der Waals surface area contributed by atoms with Gasteiger partial charge in [0.05, 0.1) is 6.33 Å². The molecule has 1 N–H and O–H groups in total. The predicted molar refractivity (Wildman–Crippen MR) is 118 cm³/mol. The highest BCUT2D eigenvalue weighted by molar-refractivity contribution is 6.04. The van der Waals surface area contributed by atoms with Gasteiger partial charge in [-0.3, -0.25) is 14.2 Å². The number of aromatic amines is 1. The van der Waals surface area contributed by atoms with E-state index < -0.39 is 0 Å². The number of rotatable bonds is 4. The van der Waals surface area contributed by atoms with E-state index in [0.717, 1.165) is 16.5 Å². The lowest BCUT2D eigenvalue weighted by Gasteiger charge is -2.34. The van der Waals surface area contributed by atoms with Crippen molar-refractivity contribution in [1.29, 1.82) is 0 Å². The van der Waals surface area contributed by atoms with Gasteiger partial charge in [0.15, 0.2) is 0 Å². The van der Waals surface area contributed by atoms with Crippen molar-refractivity contribution in [2.75, 3.05) is 31.1 Å². The maximum Gasteiger partial charge on any atom is 0.277 e. The summed E-state index contributed by atoms with van der Waals surface area (Å²) in [6.07, 6.45) is 5.24. The lowest BCUT2D eigenvalue weighted by Crippen LogP contribution is -2.49. The fraction of sp³-hybridized carbons (Fsp3) is 0.318. The van der Waals surface area contributed by atoms with E-state index in [1.165, 1.54) is 10.9 Å². The van der Waals surface area contributed by atoms with Gasteiger partial charge in [-0.25, -0.2) is 15.0 Å². The molecule has 0 unspecified atom stereocenters. The molecule has 3 aromatic heterocycles. The van der Waals surface area contributed by atoms with Crippen LogP contribution in [0.4, 0.5) is 5.95 Å². The predicted octanol–water partition coefficient (Wildman–Crippen LogP) is 1.72. The van der Waals surface area contributed by atoms with Crippen LogP contribution in [0.1, 0.15) is 12.0 Å². The van der Waals surface area contributed by atoms with E-state index in [1.807, 2.05) is 30.0 Å². The lowest BCUT2D eigenvalue weighted by atomic mass is 10.2. The summed E-state index contributed by atoms with van der Waals surface area (Å²) in [5.74, 6) is 0.724. The molecule has 4 heterocycles. The minimum Gasteiger partial charge on any atom is -0.349 e. The summed E-state index contributed by atoms with van der Waals surface area (Å²) in [6, 6.07) is 7.77. The van der Waals surface area contributed by atoms with E-state index in [2.05, 4.69) is 24.8 Å². The number of carbonyl (C=O) groups is 1. The van der Waals surface area contributed by atoms with Gasteiger partial charge in [0.1, 0.15) is 11.0 Å². The molecule has 1 aliphatic heterocycles. The lowest BCUT2D eigenvalue weighted by molar-refractivity contribution is -0.131. The molecule has 5 rings (SSSR count). The SMILES string of the molecule is Cc1ccc2[nH]c3c(=O)n(CCC(=O)N4CCN(c5ncccn5)CC4)cnc3c2c1. The number of amides is 1. The van der Waals surface area contributed by atoms with E-state index >= 15 is 0 Å². The minimum absolute atomic E-state index is 0.0351. The molecule has 0 saturated carbocycles. The number of hydrogen-bond donors (Lipinski definition) is 1. The smallest absolute Gasteiger partial charge is 0.277 e. The van der Waals surface area contributed by atoms with Gasteiger partial charge >= 0.3 is 0 Å². The van der Waals surface area contributed by atoms with Crippen molar-refractivity contribution in [3.8, 4) is 0 Å². The number of anilines is 1. The van der Waals surface area contributed by atoms with Gasteiger partial charge in [-0.15, -0.1) is 0 Å². The summed E-state index contributed by atoms with van der Waals surface area (Å²) in [4.78, 5) is 45.7. The van der Waals surface area contributed by atoms with Crippen LogP contribution in [0.2, 0.25) is 0 Å². The van der Waals surface area contributed by atoms with E-state index in [9.17, 15) is 9.59 Å². The fourth-order valence-corrected chi connectivity index (χ4v) is 4.05. The summed E-state index contributed by atoms with van der Waals surface area (Å²) >= 11 is 0. The van der Waals surface area contributed by atoms with Crippen molar-refractivity contribution in [1.82, 2.24) is 29.4 Å². The Labute approximate surface area is 178 Å². The molecule has 1 aliphatic rings. The van der Waals surface area contributed by atoms with Crippen LogP contribution < -0.4 is 10.5 Å². The van der Waals surface area contributed by atoms with Crippen molar-refractivity contribution >= 4 is 33.8 Å². The topological polar surface area (TPSA) is 100 Å². The monoisotopic (exact) mass is 417 g/mol. The number of piperazine rings is 1. The molecule has 1 amide bonds. The highest BCUT2D eigenvalue weighted by Gasteiger charge is 2.22. The van der Waals surface area contributed by atoms with Crippen molar-refractivity contribution in [2.45, 2.75) is 19.9 Å². The molecular formula is C22H23N7O2. The molecule has 0 bridgehead atoms. The van der Waals surface area contributed by atoms with Crippen molar-refractivity contribution in [2.24, 2.45) is 0 Å². The Kier molecular flexibility index (Phi) is 4.85. The largest absolute Gasteiger partial charge is 0.349 e. The van der Waals surface area contributed by atoms with Gasteiger partial charge in [0.2, 0.25) is 11.9 Å². The Morgan fingerprint density at radius 1 is 1.10 bits per heavy atom. The zero-order chi connectivity index (χ0) is 21.4. The first kappa shape index (κ1) is 19.2. The Bertz CT molecular complexity index is 1300. The van der Waals surface area contributed by atoms with E-state index in [4.69, 9.17) is 0 Å². The molecule has 9 heteroatoms. The van der Waals surface area contributed by atoms with Crippen molar-refractivity contribution in [3.05, 3.63) is 58.9 Å². The molecule has 9 nitrogen and oxygen atoms in total. The molecule has 31 heavy (non-hydrogen) atoms. The summed E-state index contributed by atoms with van der Waals surface area (Å²) in [6.45, 7) is 4.93. The molecule has 0 radical (unpaired) electrons. The maximum atomic E-state index is 12.9. The normalized spacial score (nSPS) is 14.5. The zero-order valence-electron chi connectivity index (χ0n) is 17.3. The number of fused-ring (bicyclic) bond motifs is 3. The van der Waals surface area contributed by atoms with Gasteiger partial charge in [-0.2, -0.15) is 0 Å². The first-order valence-corrected chi connectivity index (χ1v) is 10.4. The summed E-state index contributed by atoms with van der Waals surface area (Å²) < 4.78 is 1.51. The second-order valence-electron chi connectivity index (χ2n) is 7.81. The second-order valence-corrected chi connectivity index (χ2v) is 7.81. The molecule has 0 spiro atoms. The Morgan fingerprint density at radius 3 is 2.65 bits per heavy atom. The van der Waals surface area contributed by atoms with Crippen LogP contribution in [-0.4, -0.2) is 61.5 Å². The first-order valence-electron chi connectivity index (χ1n) is 10.4. The number of nitrogens with zero attached hydrogens (tertiary/aromatic N) is 6. The molecule has 158 valence electrons. The van der Waals surface area contributed by atoms with Crippen LogP contribution in [0.15, 0.2) is 47.8 Å². The van der Waals surface area contributed by atoms with Crippen LogP contribution in [0.5, 0.6) is 0 Å². The molecule has 1 saturated heterocycles. The Balaban J connectivity index is 1.26. The van der Waals surface area contributed by atoms with Crippen LogP contribution in [0.25, 0.3) is 21.9 Å². The fourth-order valence-electron chi connectivity index (χ4n) is 4.05. The third-order valence-electron chi connectivity index (χ3n) is 5.76. The van der Waals surface area contributed by atoms with Crippen LogP contribution >= 0.6 is 0 Å². The standard InChI is InChI=1S/C22H23N7O2/c1-15-3-4-17-16(13-15)19-20(26-17)21(31)29(14-25-19)8-5-18(30)27-9-11-28(12-10-27)22-23-6-2-7-24-22/h2-4,6-7,13-14,26H,5,8-12H2,1H3. The van der Waals surface area contributed by atoms with Gasteiger partial charge in [0, 0.05) is 62.4 Å². The summed E-state index contributed by atoms with van der Waals surface area (Å²) in [5, 5.41) is 0.940. The van der Waals surface area contributed by atoms with Crippen molar-refractivity contribution < 1.29 is 4.79 Å². The van der Waals surface area contributed by atoms with E-state index in [-0.39, 0.29) is 17.9 Å². The van der Waals surface area contributed by atoms with E-state index in [1.54, 1.807) is 18.5 Å². The third kappa shape index (κ3) is 3.63. The Morgan fingerprint density at radius 2 is 1.87 bits per heavy atom. The van der Waals surface area contributed by atoms with Gasteiger partial charge in [0.25, 0.3) is 5.56 Å². The van der Waals surface area contributed by atoms with Gasteiger partial charge in [-0.1, -0.05) is 11.6 Å². The number of aromatic nitrogens is 5. The zero-order valence-corrected chi connectivity index (χ0v) is 17.3. The average molecular weight is 417 g/mol. The number of H-pyrrole nitrogens is 1. The number of nitrogens with one attached hydrogen (secondary N) is 1. The number of benzene rings is 1. The van der Waals surface area contributed by atoms with Crippen LogP contribution in [0, 0.1) is 6.92 Å². The molecule has 4 aromatic rings. The third-order valence-corrected chi connectivity index (χ3v) is 5.76. The number of aryl methyl sites for hydroxylation is 2. The number of carbonyl (C=O) groups excluding carboxylic acids is 1. The van der Waals surface area contributed by atoms with Crippen LogP contribution in [0.3, 0.4) is 0 Å². The van der Waals surface area contributed by atoms with Gasteiger partial charge < -0.3 is 14.8 Å². The second kappa shape index (κ2) is 7.82. The molecular weight excluding hydrogens is 394 g/mol. The summed E-state index contributed by atoms with van der Waals surface area (Å²) in [7, 11) is 0. The average Bonchev–Trinajstić information content (AvgIpc) is 3.18. The van der Waals surface area contributed by atoms with Gasteiger partial charge in [-0.05, 0) is 25.1 Å². The molecule has 0 atom stereocenters. The maximum absolute atomic E-state index is 12.9. The highest BCUT2D eigenvalue weighted by atomic mass is 16.2. The van der Waals surface area contributed by atoms with E-state index in [0.29, 0.717) is 49.7 Å². The first-order chi connectivity index (χ1) is 15.1. The van der Waals surface area contributed by atoms with Crippen molar-refractivity contribution in [3.63, 3.8) is 0 Å². The molecule has 1 aromatic carbocycles. The Hall–Kier alpha value is -3.75.